The summed E-state index contributed by atoms with van der Waals surface area (Å²) in [5, 5.41) is 16.4. The van der Waals surface area contributed by atoms with Crippen LogP contribution in [0.15, 0.2) is 60.7 Å². The maximum Gasteiger partial charge on any atom is 0.338 e. The number of nitro benzene ring substituents is 1. The fraction of sp³-hybridized carbons (Fsp3) is 0.136. The number of hydrogen-bond donors (Lipinski definition) is 0. The molecule has 0 atom stereocenters. The summed E-state index contributed by atoms with van der Waals surface area (Å²) >= 11 is 0. The van der Waals surface area contributed by atoms with Crippen molar-refractivity contribution >= 4 is 22.7 Å². The molecule has 0 bridgehead atoms. The molecular formula is C22H18N4O4. The molecule has 0 radical (unpaired) electrons. The zero-order chi connectivity index (χ0) is 21.3. The summed E-state index contributed by atoms with van der Waals surface area (Å²) in [4.78, 5) is 27.9. The van der Waals surface area contributed by atoms with Gasteiger partial charge in [0.25, 0.3) is 5.69 Å². The largest absolute Gasteiger partial charge is 0.465 e. The highest BCUT2D eigenvalue weighted by Crippen LogP contribution is 2.29. The van der Waals surface area contributed by atoms with Crippen molar-refractivity contribution in [2.75, 3.05) is 7.11 Å². The Labute approximate surface area is 171 Å². The molecule has 4 aromatic rings. The normalized spacial score (nSPS) is 10.9. The topological polar surface area (TPSA) is 100 Å². The van der Waals surface area contributed by atoms with Gasteiger partial charge in [-0.1, -0.05) is 42.5 Å². The quantitative estimate of drug-likeness (QED) is 0.282. The first-order valence-electron chi connectivity index (χ1n) is 9.23. The van der Waals surface area contributed by atoms with Gasteiger partial charge in [0.05, 0.1) is 40.9 Å². The maximum absolute atomic E-state index is 12.5. The number of esters is 1. The molecule has 2 aromatic heterocycles. The van der Waals surface area contributed by atoms with E-state index in [1.807, 2.05) is 37.3 Å². The minimum atomic E-state index is -0.517. The van der Waals surface area contributed by atoms with E-state index in [0.29, 0.717) is 40.1 Å². The molecule has 150 valence electrons. The summed E-state index contributed by atoms with van der Waals surface area (Å²) in [5.74, 6) is -0.517. The van der Waals surface area contributed by atoms with Crippen molar-refractivity contribution in [1.29, 1.82) is 0 Å². The third kappa shape index (κ3) is 3.50. The molecule has 0 fully saturated rings. The number of aromatic nitrogens is 3. The molecule has 0 saturated heterocycles. The average Bonchev–Trinajstić information content (AvgIpc) is 3.08. The van der Waals surface area contributed by atoms with Crippen molar-refractivity contribution < 1.29 is 14.5 Å². The van der Waals surface area contributed by atoms with Crippen LogP contribution in [0.5, 0.6) is 0 Å². The van der Waals surface area contributed by atoms with Crippen molar-refractivity contribution in [2.24, 2.45) is 0 Å². The third-order valence-corrected chi connectivity index (χ3v) is 4.81. The van der Waals surface area contributed by atoms with Crippen LogP contribution in [0.25, 0.3) is 22.3 Å². The molecule has 0 aliphatic carbocycles. The van der Waals surface area contributed by atoms with Gasteiger partial charge in [0.15, 0.2) is 5.65 Å². The van der Waals surface area contributed by atoms with Gasteiger partial charge in [-0.05, 0) is 18.6 Å². The molecule has 4 rings (SSSR count). The fourth-order valence-electron chi connectivity index (χ4n) is 3.42. The number of hydrogen-bond acceptors (Lipinski definition) is 6. The number of nitro groups is 1. The van der Waals surface area contributed by atoms with E-state index >= 15 is 0 Å². The summed E-state index contributed by atoms with van der Waals surface area (Å²) < 4.78 is 6.70. The summed E-state index contributed by atoms with van der Waals surface area (Å²) in [6.07, 6.45) is 0. The molecule has 30 heavy (non-hydrogen) atoms. The van der Waals surface area contributed by atoms with E-state index in [9.17, 15) is 14.9 Å². The smallest absolute Gasteiger partial charge is 0.338 e. The molecule has 2 aromatic carbocycles. The Morgan fingerprint density at radius 3 is 2.60 bits per heavy atom. The van der Waals surface area contributed by atoms with Crippen LogP contribution in [0.4, 0.5) is 5.69 Å². The number of carbonyl (C=O) groups is 1. The van der Waals surface area contributed by atoms with Crippen LogP contribution in [0.1, 0.15) is 21.6 Å². The molecule has 8 heteroatoms. The van der Waals surface area contributed by atoms with Crippen LogP contribution in [0.2, 0.25) is 0 Å². The third-order valence-electron chi connectivity index (χ3n) is 4.81. The Kier molecular flexibility index (Phi) is 4.97. The van der Waals surface area contributed by atoms with E-state index in [1.165, 1.54) is 19.2 Å². The van der Waals surface area contributed by atoms with Crippen LogP contribution >= 0.6 is 0 Å². The van der Waals surface area contributed by atoms with Gasteiger partial charge in [-0.25, -0.2) is 14.5 Å². The number of methoxy groups -OCH3 is 1. The number of carbonyl (C=O) groups excluding carboxylic acids is 1. The molecule has 0 aliphatic heterocycles. The lowest BCUT2D eigenvalue weighted by Crippen LogP contribution is -2.06. The molecule has 0 N–H and O–H groups in total. The Hall–Kier alpha value is -4.07. The molecule has 0 aliphatic rings. The second kappa shape index (κ2) is 7.75. The van der Waals surface area contributed by atoms with Crippen molar-refractivity contribution in [3.8, 4) is 11.3 Å². The number of non-ortho nitro benzene ring substituents is 1. The van der Waals surface area contributed by atoms with Crippen LogP contribution in [0.3, 0.4) is 0 Å². The van der Waals surface area contributed by atoms with Gasteiger partial charge in [0.1, 0.15) is 0 Å². The number of nitrogens with zero attached hydrogens (tertiary/aromatic N) is 4. The zero-order valence-corrected chi connectivity index (χ0v) is 16.4. The number of fused-ring (bicyclic) bond motifs is 1. The van der Waals surface area contributed by atoms with Gasteiger partial charge in [-0.3, -0.25) is 10.1 Å². The molecule has 0 saturated carbocycles. The number of benzene rings is 2. The monoisotopic (exact) mass is 402 g/mol. The van der Waals surface area contributed by atoms with Crippen molar-refractivity contribution in [3.63, 3.8) is 0 Å². The molecule has 2 heterocycles. The van der Waals surface area contributed by atoms with E-state index in [-0.39, 0.29) is 5.69 Å². The highest BCUT2D eigenvalue weighted by Gasteiger charge is 2.21. The molecule has 0 spiro atoms. The Morgan fingerprint density at radius 1 is 1.13 bits per heavy atom. The predicted octanol–water partition coefficient (Wildman–Crippen LogP) is 4.15. The van der Waals surface area contributed by atoms with E-state index in [2.05, 4.69) is 5.10 Å². The first-order chi connectivity index (χ1) is 14.5. The fourth-order valence-corrected chi connectivity index (χ4v) is 3.42. The van der Waals surface area contributed by atoms with Crippen LogP contribution in [0, 0.1) is 17.0 Å². The Morgan fingerprint density at radius 2 is 1.90 bits per heavy atom. The standard InChI is InChI=1S/C22H18N4O4/c1-14-20-18(22(27)30-2)12-19(16-9-6-10-17(11-16)26(28)29)23-21(20)25(24-14)13-15-7-4-3-5-8-15/h3-12H,13H2,1-2H3. The molecule has 0 amide bonds. The second-order valence-corrected chi connectivity index (χ2v) is 6.78. The van der Waals surface area contributed by atoms with Crippen molar-refractivity contribution in [2.45, 2.75) is 13.5 Å². The lowest BCUT2D eigenvalue weighted by atomic mass is 10.1. The summed E-state index contributed by atoms with van der Waals surface area (Å²) in [6.45, 7) is 2.28. The number of pyridine rings is 1. The minimum absolute atomic E-state index is 0.0528. The second-order valence-electron chi connectivity index (χ2n) is 6.78. The number of rotatable bonds is 5. The van der Waals surface area contributed by atoms with Gasteiger partial charge in [0, 0.05) is 17.7 Å². The predicted molar refractivity (Wildman–Crippen MR) is 111 cm³/mol. The Bertz CT molecular complexity index is 1270. The van der Waals surface area contributed by atoms with Gasteiger partial charge in [0.2, 0.25) is 0 Å². The molecular weight excluding hydrogens is 384 g/mol. The van der Waals surface area contributed by atoms with Gasteiger partial charge in [-0.2, -0.15) is 5.10 Å². The van der Waals surface area contributed by atoms with E-state index in [4.69, 9.17) is 9.72 Å². The van der Waals surface area contributed by atoms with Crippen molar-refractivity contribution in [1.82, 2.24) is 14.8 Å². The van der Waals surface area contributed by atoms with Crippen LogP contribution < -0.4 is 0 Å². The zero-order valence-electron chi connectivity index (χ0n) is 16.4. The Balaban J connectivity index is 1.94. The minimum Gasteiger partial charge on any atom is -0.465 e. The molecule has 8 nitrogen and oxygen atoms in total. The highest BCUT2D eigenvalue weighted by molar-refractivity contribution is 6.05. The van der Waals surface area contributed by atoms with E-state index < -0.39 is 10.9 Å². The van der Waals surface area contributed by atoms with Gasteiger partial charge >= 0.3 is 5.97 Å². The number of ether oxygens (including phenoxy) is 1. The maximum atomic E-state index is 12.5. The van der Waals surface area contributed by atoms with Crippen LogP contribution in [-0.2, 0) is 11.3 Å². The summed E-state index contributed by atoms with van der Waals surface area (Å²) in [6, 6.07) is 17.5. The van der Waals surface area contributed by atoms with E-state index in [0.717, 1.165) is 5.56 Å². The van der Waals surface area contributed by atoms with Crippen LogP contribution in [-0.4, -0.2) is 32.8 Å². The summed E-state index contributed by atoms with van der Waals surface area (Å²) in [7, 11) is 1.31. The lowest BCUT2D eigenvalue weighted by molar-refractivity contribution is -0.384. The van der Waals surface area contributed by atoms with E-state index in [1.54, 1.807) is 22.9 Å². The highest BCUT2D eigenvalue weighted by atomic mass is 16.6. The first kappa shape index (κ1) is 19.3. The number of aryl methyl sites for hydroxylation is 1. The van der Waals surface area contributed by atoms with Crippen molar-refractivity contribution in [3.05, 3.63) is 87.6 Å². The average molecular weight is 402 g/mol. The van der Waals surface area contributed by atoms with Gasteiger partial charge < -0.3 is 4.74 Å². The van der Waals surface area contributed by atoms with Gasteiger partial charge in [-0.15, -0.1) is 0 Å². The summed E-state index contributed by atoms with van der Waals surface area (Å²) in [5.41, 5.74) is 3.43. The lowest BCUT2D eigenvalue weighted by Gasteiger charge is -2.08. The first-order valence-corrected chi connectivity index (χ1v) is 9.23. The molecule has 0 unspecified atom stereocenters. The SMILES string of the molecule is COC(=O)c1cc(-c2cccc([N+](=O)[O-])c2)nc2c1c(C)nn2Cc1ccccc1.